The van der Waals surface area contributed by atoms with Crippen molar-refractivity contribution < 1.29 is 9.90 Å². The van der Waals surface area contributed by atoms with Crippen molar-refractivity contribution in [2.45, 2.75) is 76.5 Å². The maximum Gasteiger partial charge on any atom is 0.223 e. The molecule has 26 heavy (non-hydrogen) atoms. The van der Waals surface area contributed by atoms with E-state index in [2.05, 4.69) is 61.7 Å². The van der Waals surface area contributed by atoms with Gasteiger partial charge in [-0.3, -0.25) is 4.79 Å². The van der Waals surface area contributed by atoms with E-state index in [0.717, 1.165) is 25.7 Å². The molecule has 4 nitrogen and oxygen atoms in total. The van der Waals surface area contributed by atoms with Crippen molar-refractivity contribution in [2.75, 3.05) is 0 Å². The number of hydrogen-bond acceptors (Lipinski definition) is 2. The maximum absolute atomic E-state index is 13.2. The van der Waals surface area contributed by atoms with Crippen molar-refractivity contribution in [3.05, 3.63) is 35.5 Å². The van der Waals surface area contributed by atoms with Gasteiger partial charge in [0.1, 0.15) is 0 Å². The molecular formula is C22H30N2O2. The van der Waals surface area contributed by atoms with E-state index in [1.165, 1.54) is 22.0 Å². The summed E-state index contributed by atoms with van der Waals surface area (Å²) in [6.45, 7) is 6.44. The number of amides is 1. The smallest absolute Gasteiger partial charge is 0.223 e. The van der Waals surface area contributed by atoms with Crippen LogP contribution in [0.25, 0.3) is 10.9 Å². The number of benzene rings is 1. The van der Waals surface area contributed by atoms with E-state index in [0.29, 0.717) is 6.42 Å². The van der Waals surface area contributed by atoms with Crippen molar-refractivity contribution in [1.29, 1.82) is 0 Å². The van der Waals surface area contributed by atoms with Crippen LogP contribution in [0.15, 0.2) is 24.4 Å². The molecule has 5 rings (SSSR count). The number of fused-ring (bicyclic) bond motifs is 3. The second kappa shape index (κ2) is 6.12. The molecule has 2 unspecified atom stereocenters. The molecule has 3 heterocycles. The van der Waals surface area contributed by atoms with Crippen LogP contribution in [0.5, 0.6) is 0 Å². The molecule has 1 aromatic carbocycles. The second-order valence-electron chi connectivity index (χ2n) is 8.62. The highest BCUT2D eigenvalue weighted by molar-refractivity contribution is 5.88. The molecule has 1 amide bonds. The molecule has 4 heteroatoms. The predicted octanol–water partition coefficient (Wildman–Crippen LogP) is 3.88. The Morgan fingerprint density at radius 2 is 2.08 bits per heavy atom. The first-order chi connectivity index (χ1) is 12.3. The first-order valence-electron chi connectivity index (χ1n) is 9.91. The minimum Gasteiger partial charge on any atom is -0.390 e. The fourth-order valence-corrected chi connectivity index (χ4v) is 5.28. The van der Waals surface area contributed by atoms with E-state index in [9.17, 15) is 9.90 Å². The zero-order chi connectivity index (χ0) is 18.6. The summed E-state index contributed by atoms with van der Waals surface area (Å²) in [4.78, 5) is 15.3. The van der Waals surface area contributed by atoms with E-state index >= 15 is 0 Å². The van der Waals surface area contributed by atoms with Gasteiger partial charge in [0.25, 0.3) is 0 Å². The number of aliphatic hydroxyl groups is 1. The Balaban J connectivity index is 1.57. The third-order valence-corrected chi connectivity index (χ3v) is 6.66. The zero-order valence-electron chi connectivity index (χ0n) is 16.3. The Hall–Kier alpha value is -1.81. The van der Waals surface area contributed by atoms with Gasteiger partial charge < -0.3 is 14.6 Å². The highest BCUT2D eigenvalue weighted by Crippen LogP contribution is 2.47. The van der Waals surface area contributed by atoms with Gasteiger partial charge in [-0.1, -0.05) is 26.0 Å². The standard InChI is InChI=1S/C22H30N2O2/c1-5-16-10-22(26)11-17(12-22)24(16)20(25)9-15(3)18-13-23(4)19-8-6-7-14(2)21(18)19/h6-8,13,15-17,26H,5,9-12H2,1-4H3. The lowest BCUT2D eigenvalue weighted by Gasteiger charge is -2.58. The van der Waals surface area contributed by atoms with Crippen molar-refractivity contribution in [1.82, 2.24) is 9.47 Å². The fourth-order valence-electron chi connectivity index (χ4n) is 5.28. The van der Waals surface area contributed by atoms with Gasteiger partial charge in [-0.05, 0) is 55.7 Å². The van der Waals surface area contributed by atoms with Crippen LogP contribution < -0.4 is 0 Å². The molecule has 0 spiro atoms. The molecule has 140 valence electrons. The molecule has 2 bridgehead atoms. The van der Waals surface area contributed by atoms with Crippen LogP contribution in [0, 0.1) is 6.92 Å². The largest absolute Gasteiger partial charge is 0.390 e. The Morgan fingerprint density at radius 1 is 1.35 bits per heavy atom. The summed E-state index contributed by atoms with van der Waals surface area (Å²) in [5.74, 6) is 0.437. The third kappa shape index (κ3) is 2.66. The Kier molecular flexibility index (Phi) is 4.14. The number of aromatic nitrogens is 1. The minimum absolute atomic E-state index is 0.186. The normalized spacial score (nSPS) is 28.9. The monoisotopic (exact) mass is 354 g/mol. The van der Waals surface area contributed by atoms with Crippen molar-refractivity contribution in [2.24, 2.45) is 7.05 Å². The molecular weight excluding hydrogens is 324 g/mol. The minimum atomic E-state index is -0.500. The summed E-state index contributed by atoms with van der Waals surface area (Å²) >= 11 is 0. The van der Waals surface area contributed by atoms with Crippen LogP contribution in [-0.2, 0) is 11.8 Å². The van der Waals surface area contributed by atoms with Crippen LogP contribution in [0.1, 0.15) is 63.0 Å². The molecule has 1 aromatic heterocycles. The summed E-state index contributed by atoms with van der Waals surface area (Å²) in [7, 11) is 2.08. The lowest BCUT2D eigenvalue weighted by molar-refractivity contribution is -0.178. The molecule has 1 N–H and O–H groups in total. The molecule has 2 saturated heterocycles. The molecule has 0 radical (unpaired) electrons. The first kappa shape index (κ1) is 17.6. The Labute approximate surface area is 155 Å². The van der Waals surface area contributed by atoms with Gasteiger partial charge in [0.05, 0.1) is 5.60 Å². The van der Waals surface area contributed by atoms with Crippen LogP contribution in [-0.4, -0.2) is 38.2 Å². The number of rotatable bonds is 4. The van der Waals surface area contributed by atoms with Gasteiger partial charge in [-0.15, -0.1) is 0 Å². The lowest BCUT2D eigenvalue weighted by Crippen LogP contribution is -2.67. The van der Waals surface area contributed by atoms with E-state index in [1.54, 1.807) is 0 Å². The lowest BCUT2D eigenvalue weighted by atomic mass is 9.66. The fraction of sp³-hybridized carbons (Fsp3) is 0.591. The third-order valence-electron chi connectivity index (χ3n) is 6.66. The number of carbonyl (C=O) groups is 1. The van der Waals surface area contributed by atoms with Crippen LogP contribution in [0.4, 0.5) is 0 Å². The molecule has 2 aromatic rings. The quantitative estimate of drug-likeness (QED) is 0.905. The summed E-state index contributed by atoms with van der Waals surface area (Å²) in [6, 6.07) is 6.82. The summed E-state index contributed by atoms with van der Waals surface area (Å²) < 4.78 is 2.17. The Bertz CT molecular complexity index is 847. The van der Waals surface area contributed by atoms with Gasteiger partial charge >= 0.3 is 0 Å². The summed E-state index contributed by atoms with van der Waals surface area (Å²) in [5.41, 5.74) is 3.27. The average Bonchev–Trinajstić information content (AvgIpc) is 2.92. The van der Waals surface area contributed by atoms with Crippen molar-refractivity contribution in [3.8, 4) is 0 Å². The number of hydrogen-bond donors (Lipinski definition) is 1. The zero-order valence-corrected chi connectivity index (χ0v) is 16.3. The van der Waals surface area contributed by atoms with Crippen molar-refractivity contribution >= 4 is 16.8 Å². The molecule has 3 fully saturated rings. The molecule has 1 saturated carbocycles. The highest BCUT2D eigenvalue weighted by atomic mass is 16.3. The average molecular weight is 354 g/mol. The number of carbonyl (C=O) groups excluding carboxylic acids is 1. The van der Waals surface area contributed by atoms with Gasteiger partial charge in [-0.2, -0.15) is 0 Å². The van der Waals surface area contributed by atoms with Crippen LogP contribution in [0.2, 0.25) is 0 Å². The second-order valence-corrected chi connectivity index (χ2v) is 8.62. The van der Waals surface area contributed by atoms with Crippen molar-refractivity contribution in [3.63, 3.8) is 0 Å². The van der Waals surface area contributed by atoms with Crippen LogP contribution >= 0.6 is 0 Å². The van der Waals surface area contributed by atoms with E-state index < -0.39 is 5.60 Å². The van der Waals surface area contributed by atoms with Crippen LogP contribution in [0.3, 0.4) is 0 Å². The number of piperidine rings is 2. The molecule has 1 aliphatic carbocycles. The van der Waals surface area contributed by atoms with Gasteiger partial charge in [0, 0.05) is 42.7 Å². The maximum atomic E-state index is 13.2. The van der Waals surface area contributed by atoms with Gasteiger partial charge in [0.15, 0.2) is 0 Å². The SMILES string of the molecule is CCC1CC2(O)CC(C2)N1C(=O)CC(C)c1cn(C)c2cccc(C)c12. The predicted molar refractivity (Wildman–Crippen MR) is 104 cm³/mol. The van der Waals surface area contributed by atoms with E-state index in [1.807, 2.05) is 0 Å². The molecule has 2 atom stereocenters. The highest BCUT2D eigenvalue weighted by Gasteiger charge is 2.54. The van der Waals surface area contributed by atoms with Gasteiger partial charge in [0.2, 0.25) is 5.91 Å². The molecule has 2 aliphatic heterocycles. The van der Waals surface area contributed by atoms with Gasteiger partial charge in [-0.25, -0.2) is 0 Å². The molecule has 3 aliphatic rings. The number of aryl methyl sites for hydroxylation is 2. The van der Waals surface area contributed by atoms with E-state index in [4.69, 9.17) is 0 Å². The summed E-state index contributed by atoms with van der Waals surface area (Å²) in [5, 5.41) is 11.7. The summed E-state index contributed by atoms with van der Waals surface area (Å²) in [6.07, 6.45) is 5.91. The first-order valence-corrected chi connectivity index (χ1v) is 9.91. The number of nitrogens with zero attached hydrogens (tertiary/aromatic N) is 2. The topological polar surface area (TPSA) is 45.5 Å². The van der Waals surface area contributed by atoms with E-state index in [-0.39, 0.29) is 23.9 Å². The Morgan fingerprint density at radius 3 is 2.77 bits per heavy atom.